The molecule has 4 heteroatoms. The van der Waals surface area contributed by atoms with Gasteiger partial charge in [0.2, 0.25) is 0 Å². The molecule has 0 heterocycles. The third kappa shape index (κ3) is 2.94. The van der Waals surface area contributed by atoms with Crippen molar-refractivity contribution in [3.8, 4) is 0 Å². The average molecular weight is 209 g/mol. The summed E-state index contributed by atoms with van der Waals surface area (Å²) in [5, 5.41) is 0. The standard InChI is InChI=1S/C11H16FN3/c1-3-4-8-5-9(12)10(14)6-11(8)15-7(2)13/h5-6H,3-4,14H2,1-2H3,(H2,13,15). The second-order valence-electron chi connectivity index (χ2n) is 3.51. The van der Waals surface area contributed by atoms with Crippen molar-refractivity contribution in [1.29, 1.82) is 0 Å². The van der Waals surface area contributed by atoms with Gasteiger partial charge in [-0.1, -0.05) is 13.3 Å². The van der Waals surface area contributed by atoms with Crippen LogP contribution in [0.25, 0.3) is 0 Å². The van der Waals surface area contributed by atoms with Crippen LogP contribution in [0.2, 0.25) is 0 Å². The van der Waals surface area contributed by atoms with Gasteiger partial charge in [0.05, 0.1) is 17.2 Å². The monoisotopic (exact) mass is 209 g/mol. The van der Waals surface area contributed by atoms with Crippen molar-refractivity contribution in [1.82, 2.24) is 0 Å². The molecule has 0 aliphatic carbocycles. The molecule has 1 rings (SSSR count). The quantitative estimate of drug-likeness (QED) is 0.456. The van der Waals surface area contributed by atoms with E-state index in [0.717, 1.165) is 18.4 Å². The summed E-state index contributed by atoms with van der Waals surface area (Å²) in [6, 6.07) is 2.96. The lowest BCUT2D eigenvalue weighted by atomic mass is 10.1. The van der Waals surface area contributed by atoms with Crippen molar-refractivity contribution in [2.24, 2.45) is 10.7 Å². The molecule has 4 N–H and O–H groups in total. The Labute approximate surface area is 89.0 Å². The number of amidine groups is 1. The smallest absolute Gasteiger partial charge is 0.146 e. The van der Waals surface area contributed by atoms with Crippen molar-refractivity contribution in [3.63, 3.8) is 0 Å². The van der Waals surface area contributed by atoms with E-state index in [-0.39, 0.29) is 5.69 Å². The van der Waals surface area contributed by atoms with E-state index in [4.69, 9.17) is 11.5 Å². The van der Waals surface area contributed by atoms with Gasteiger partial charge in [-0.25, -0.2) is 9.38 Å². The molecule has 0 spiro atoms. The SMILES string of the molecule is CCCc1cc(F)c(N)cc1N=C(C)N. The van der Waals surface area contributed by atoms with E-state index in [0.29, 0.717) is 11.5 Å². The molecule has 0 bridgehead atoms. The number of aliphatic imine (C=N–C) groups is 1. The summed E-state index contributed by atoms with van der Waals surface area (Å²) in [6.07, 6.45) is 1.69. The minimum absolute atomic E-state index is 0.106. The third-order valence-electron chi connectivity index (χ3n) is 2.01. The van der Waals surface area contributed by atoms with E-state index in [1.165, 1.54) is 12.1 Å². The summed E-state index contributed by atoms with van der Waals surface area (Å²) in [6.45, 7) is 3.71. The van der Waals surface area contributed by atoms with E-state index >= 15 is 0 Å². The van der Waals surface area contributed by atoms with Gasteiger partial charge in [-0.15, -0.1) is 0 Å². The highest BCUT2D eigenvalue weighted by molar-refractivity contribution is 5.81. The molecular formula is C11H16FN3. The summed E-state index contributed by atoms with van der Waals surface area (Å²) in [5.41, 5.74) is 12.6. The molecule has 3 nitrogen and oxygen atoms in total. The number of hydrogen-bond donors (Lipinski definition) is 2. The van der Waals surface area contributed by atoms with Crippen LogP contribution in [0, 0.1) is 5.82 Å². The molecule has 0 amide bonds. The first-order valence-electron chi connectivity index (χ1n) is 4.93. The van der Waals surface area contributed by atoms with Crippen molar-refractivity contribution >= 4 is 17.2 Å². The number of anilines is 1. The highest BCUT2D eigenvalue weighted by Gasteiger charge is 2.06. The summed E-state index contributed by atoms with van der Waals surface area (Å²) in [5.74, 6) is 0.0467. The minimum Gasteiger partial charge on any atom is -0.396 e. The molecule has 82 valence electrons. The Morgan fingerprint density at radius 2 is 2.13 bits per heavy atom. The Bertz CT molecular complexity index is 382. The van der Waals surface area contributed by atoms with Gasteiger partial charge in [0.15, 0.2) is 0 Å². The van der Waals surface area contributed by atoms with Gasteiger partial charge < -0.3 is 11.5 Å². The summed E-state index contributed by atoms with van der Waals surface area (Å²) < 4.78 is 13.2. The molecule has 0 saturated heterocycles. The van der Waals surface area contributed by atoms with Gasteiger partial charge in [0.1, 0.15) is 5.82 Å². The molecule has 0 radical (unpaired) electrons. The van der Waals surface area contributed by atoms with E-state index < -0.39 is 5.82 Å². The number of benzene rings is 1. The van der Waals surface area contributed by atoms with E-state index in [1.54, 1.807) is 6.92 Å². The molecule has 0 saturated carbocycles. The number of nitrogens with zero attached hydrogens (tertiary/aromatic N) is 1. The summed E-state index contributed by atoms with van der Waals surface area (Å²) in [4.78, 5) is 4.13. The van der Waals surface area contributed by atoms with Gasteiger partial charge in [0.25, 0.3) is 0 Å². The van der Waals surface area contributed by atoms with Crippen LogP contribution in [0.1, 0.15) is 25.8 Å². The maximum Gasteiger partial charge on any atom is 0.146 e. The van der Waals surface area contributed by atoms with E-state index in [9.17, 15) is 4.39 Å². The number of rotatable bonds is 3. The zero-order valence-corrected chi connectivity index (χ0v) is 9.05. The lowest BCUT2D eigenvalue weighted by molar-refractivity contribution is 0.630. The molecule has 0 aliphatic rings. The number of halogens is 1. The normalized spacial score (nSPS) is 11.8. The van der Waals surface area contributed by atoms with Gasteiger partial charge in [0, 0.05) is 0 Å². The van der Waals surface area contributed by atoms with Gasteiger partial charge in [-0.05, 0) is 31.0 Å². The van der Waals surface area contributed by atoms with Gasteiger partial charge in [-0.2, -0.15) is 0 Å². The minimum atomic E-state index is -0.396. The molecule has 15 heavy (non-hydrogen) atoms. The number of hydrogen-bond acceptors (Lipinski definition) is 2. The van der Waals surface area contributed by atoms with Crippen LogP contribution in [0.4, 0.5) is 15.8 Å². The summed E-state index contributed by atoms with van der Waals surface area (Å²) >= 11 is 0. The molecular weight excluding hydrogens is 193 g/mol. The largest absolute Gasteiger partial charge is 0.396 e. The number of nitrogens with two attached hydrogens (primary N) is 2. The molecule has 0 aliphatic heterocycles. The Hall–Kier alpha value is -1.58. The van der Waals surface area contributed by atoms with Crippen LogP contribution in [0.3, 0.4) is 0 Å². The van der Waals surface area contributed by atoms with Crippen LogP contribution in [0.5, 0.6) is 0 Å². The van der Waals surface area contributed by atoms with Crippen LogP contribution < -0.4 is 11.5 Å². The lowest BCUT2D eigenvalue weighted by Gasteiger charge is -2.07. The molecule has 0 fully saturated rings. The maximum absolute atomic E-state index is 13.2. The second kappa shape index (κ2) is 4.77. The van der Waals surface area contributed by atoms with E-state index in [1.807, 2.05) is 6.92 Å². The zero-order valence-electron chi connectivity index (χ0n) is 9.05. The fourth-order valence-corrected chi connectivity index (χ4v) is 1.38. The van der Waals surface area contributed by atoms with Gasteiger partial charge in [-0.3, -0.25) is 0 Å². The highest BCUT2D eigenvalue weighted by atomic mass is 19.1. The predicted molar refractivity (Wildman–Crippen MR) is 61.8 cm³/mol. The van der Waals surface area contributed by atoms with Crippen molar-refractivity contribution in [3.05, 3.63) is 23.5 Å². The molecule has 0 atom stereocenters. The first-order chi connectivity index (χ1) is 7.04. The fourth-order valence-electron chi connectivity index (χ4n) is 1.38. The van der Waals surface area contributed by atoms with Crippen LogP contribution >= 0.6 is 0 Å². The fraction of sp³-hybridized carbons (Fsp3) is 0.364. The maximum atomic E-state index is 13.2. The number of nitrogen functional groups attached to an aromatic ring is 1. The first-order valence-corrected chi connectivity index (χ1v) is 4.93. The highest BCUT2D eigenvalue weighted by Crippen LogP contribution is 2.26. The zero-order chi connectivity index (χ0) is 11.4. The molecule has 1 aromatic carbocycles. The average Bonchev–Trinajstić information content (AvgIpc) is 2.13. The van der Waals surface area contributed by atoms with Crippen molar-refractivity contribution in [2.45, 2.75) is 26.7 Å². The number of aryl methyl sites for hydroxylation is 1. The summed E-state index contributed by atoms with van der Waals surface area (Å²) in [7, 11) is 0. The molecule has 0 aromatic heterocycles. The van der Waals surface area contributed by atoms with Crippen LogP contribution in [0.15, 0.2) is 17.1 Å². The lowest BCUT2D eigenvalue weighted by Crippen LogP contribution is -2.05. The van der Waals surface area contributed by atoms with Crippen molar-refractivity contribution < 1.29 is 4.39 Å². The van der Waals surface area contributed by atoms with Crippen LogP contribution in [-0.4, -0.2) is 5.84 Å². The first kappa shape index (κ1) is 11.5. The van der Waals surface area contributed by atoms with Crippen molar-refractivity contribution in [2.75, 3.05) is 5.73 Å². The van der Waals surface area contributed by atoms with Gasteiger partial charge >= 0.3 is 0 Å². The Balaban J connectivity index is 3.21. The third-order valence-corrected chi connectivity index (χ3v) is 2.01. The Kier molecular flexibility index (Phi) is 3.66. The molecule has 1 aromatic rings. The topological polar surface area (TPSA) is 64.4 Å². The Morgan fingerprint density at radius 1 is 1.47 bits per heavy atom. The molecule has 0 unspecified atom stereocenters. The van der Waals surface area contributed by atoms with Crippen LogP contribution in [-0.2, 0) is 6.42 Å². The van der Waals surface area contributed by atoms with E-state index in [2.05, 4.69) is 4.99 Å². The predicted octanol–water partition coefficient (Wildman–Crippen LogP) is 2.37. The second-order valence-corrected chi connectivity index (χ2v) is 3.51. The Morgan fingerprint density at radius 3 is 2.67 bits per heavy atom.